The Kier molecular flexibility index (Phi) is 5.08. The predicted molar refractivity (Wildman–Crippen MR) is 111 cm³/mol. The monoisotopic (exact) mass is 446 g/mol. The van der Waals surface area contributed by atoms with Crippen molar-refractivity contribution in [3.05, 3.63) is 61.5 Å². The summed E-state index contributed by atoms with van der Waals surface area (Å²) in [6.07, 6.45) is 4.66. The molecule has 1 aliphatic carbocycles. The average molecular weight is 447 g/mol. The molecule has 3 nitrogen and oxygen atoms in total. The lowest BCUT2D eigenvalue weighted by Gasteiger charge is -2.08. The van der Waals surface area contributed by atoms with E-state index in [9.17, 15) is 4.79 Å². The number of carbonyl (C=O) groups is 1. The Labute approximate surface area is 169 Å². The number of aromatic nitrogens is 2. The van der Waals surface area contributed by atoms with Gasteiger partial charge in [0.05, 0.1) is 21.2 Å². The smallest absolute Gasteiger partial charge is 0.266 e. The molecule has 0 N–H and O–H groups in total. The Morgan fingerprint density at radius 2 is 1.92 bits per heavy atom. The van der Waals surface area contributed by atoms with Crippen molar-refractivity contribution >= 4 is 44.9 Å². The Bertz CT molecular complexity index is 949. The highest BCUT2D eigenvalue weighted by atomic mass is 79.9. The number of hydrogen-bond acceptors (Lipinski definition) is 4. The van der Waals surface area contributed by atoms with Crippen molar-refractivity contribution in [3.8, 4) is 0 Å². The van der Waals surface area contributed by atoms with E-state index in [1.807, 2.05) is 26.0 Å². The molecular formula is C20H19BrN2OS2. The van der Waals surface area contributed by atoms with Gasteiger partial charge in [-0.3, -0.25) is 4.79 Å². The van der Waals surface area contributed by atoms with Crippen molar-refractivity contribution in [2.24, 2.45) is 0 Å². The molecule has 2 aromatic heterocycles. The minimum atomic E-state index is -0.00680. The van der Waals surface area contributed by atoms with Crippen LogP contribution in [0.15, 0.2) is 44.6 Å². The van der Waals surface area contributed by atoms with Crippen LogP contribution in [0.1, 0.15) is 44.3 Å². The second-order valence-corrected chi connectivity index (χ2v) is 9.68. The fourth-order valence-electron chi connectivity index (χ4n) is 3.29. The minimum Gasteiger partial charge on any atom is -0.266 e. The summed E-state index contributed by atoms with van der Waals surface area (Å²) in [6, 6.07) is 10.3. The summed E-state index contributed by atoms with van der Waals surface area (Å²) in [6.45, 7) is 3.95. The third-order valence-electron chi connectivity index (χ3n) is 4.66. The molecule has 0 amide bonds. The normalized spacial score (nSPS) is 13.7. The molecule has 0 unspecified atom stereocenters. The van der Waals surface area contributed by atoms with E-state index in [1.165, 1.54) is 23.3 Å². The second kappa shape index (κ2) is 7.33. The maximum Gasteiger partial charge on any atom is 0.288 e. The van der Waals surface area contributed by atoms with Gasteiger partial charge in [0.1, 0.15) is 0 Å². The molecular weight excluding hydrogens is 428 g/mol. The van der Waals surface area contributed by atoms with Crippen LogP contribution in [0.2, 0.25) is 0 Å². The molecule has 1 aromatic carbocycles. The van der Waals surface area contributed by atoms with Gasteiger partial charge in [0, 0.05) is 14.2 Å². The van der Waals surface area contributed by atoms with Crippen molar-refractivity contribution in [2.45, 2.75) is 49.3 Å². The second-order valence-electron chi connectivity index (χ2n) is 6.54. The average Bonchev–Trinajstić information content (AvgIpc) is 3.19. The Morgan fingerprint density at radius 3 is 2.65 bits per heavy atom. The van der Waals surface area contributed by atoms with Crippen molar-refractivity contribution in [1.29, 1.82) is 0 Å². The van der Waals surface area contributed by atoms with Gasteiger partial charge in [0.15, 0.2) is 0 Å². The van der Waals surface area contributed by atoms with Crippen LogP contribution in [0.5, 0.6) is 0 Å². The molecule has 1 aliphatic rings. The van der Waals surface area contributed by atoms with Gasteiger partial charge < -0.3 is 0 Å². The Morgan fingerprint density at radius 1 is 1.19 bits per heavy atom. The van der Waals surface area contributed by atoms with E-state index in [-0.39, 0.29) is 5.91 Å². The molecule has 6 heteroatoms. The number of nitrogens with zero attached hydrogens (tertiary/aromatic N) is 2. The van der Waals surface area contributed by atoms with Crippen LogP contribution < -0.4 is 0 Å². The summed E-state index contributed by atoms with van der Waals surface area (Å²) < 4.78 is 2.64. The molecule has 0 fully saturated rings. The van der Waals surface area contributed by atoms with Crippen molar-refractivity contribution in [3.63, 3.8) is 0 Å². The number of hydrogen-bond donors (Lipinski definition) is 0. The first-order valence-electron chi connectivity index (χ1n) is 8.69. The van der Waals surface area contributed by atoms with Gasteiger partial charge in [-0.05, 0) is 75.4 Å². The first-order valence-corrected chi connectivity index (χ1v) is 11.1. The van der Waals surface area contributed by atoms with Crippen LogP contribution in [0.3, 0.4) is 0 Å². The molecule has 134 valence electrons. The lowest BCUT2D eigenvalue weighted by atomic mass is 9.99. The van der Waals surface area contributed by atoms with Crippen LogP contribution in [0.25, 0.3) is 0 Å². The van der Waals surface area contributed by atoms with Crippen LogP contribution in [-0.4, -0.2) is 15.7 Å². The zero-order valence-electron chi connectivity index (χ0n) is 14.7. The Hall–Kier alpha value is -1.37. The largest absolute Gasteiger partial charge is 0.288 e. The molecule has 0 atom stereocenters. The maximum absolute atomic E-state index is 13.0. The molecule has 0 saturated heterocycles. The number of fused-ring (bicyclic) bond motifs is 1. The molecule has 0 saturated carbocycles. The zero-order valence-corrected chi connectivity index (χ0v) is 17.9. The molecule has 0 radical (unpaired) electrons. The van der Waals surface area contributed by atoms with E-state index in [0.717, 1.165) is 43.4 Å². The van der Waals surface area contributed by atoms with Gasteiger partial charge in [-0.25, -0.2) is 0 Å². The van der Waals surface area contributed by atoms with Crippen LogP contribution >= 0.6 is 39.0 Å². The third-order valence-corrected chi connectivity index (χ3v) is 7.71. The van der Waals surface area contributed by atoms with Crippen molar-refractivity contribution in [2.75, 3.05) is 0 Å². The third kappa shape index (κ3) is 3.42. The van der Waals surface area contributed by atoms with Crippen LogP contribution in [0.4, 0.5) is 0 Å². The standard InChI is InChI=1S/C20H19BrN2OS2/c1-12-19(25-16-9-7-15(21)8-10-16)13(2)23(22-12)20(24)18-11-14-5-3-4-6-17(14)26-18/h7-11H,3-6H2,1-2H3. The van der Waals surface area contributed by atoms with Crippen LogP contribution in [0, 0.1) is 13.8 Å². The van der Waals surface area contributed by atoms with Crippen LogP contribution in [-0.2, 0) is 12.8 Å². The Balaban J connectivity index is 1.64. The summed E-state index contributed by atoms with van der Waals surface area (Å²) in [5, 5.41) is 4.55. The highest BCUT2D eigenvalue weighted by Gasteiger charge is 2.22. The molecule has 0 bridgehead atoms. The predicted octanol–water partition coefficient (Wildman–Crippen LogP) is 6.04. The number of rotatable bonds is 3. The summed E-state index contributed by atoms with van der Waals surface area (Å²) in [5.41, 5.74) is 3.16. The number of carbonyl (C=O) groups excluding carboxylic acids is 1. The molecule has 2 heterocycles. The van der Waals surface area contributed by atoms with Crippen molar-refractivity contribution in [1.82, 2.24) is 9.78 Å². The van der Waals surface area contributed by atoms with Gasteiger partial charge >= 0.3 is 0 Å². The van der Waals surface area contributed by atoms with E-state index < -0.39 is 0 Å². The van der Waals surface area contributed by atoms with Gasteiger partial charge in [-0.15, -0.1) is 11.3 Å². The highest BCUT2D eigenvalue weighted by Crippen LogP contribution is 2.35. The summed E-state index contributed by atoms with van der Waals surface area (Å²) in [4.78, 5) is 17.4. The number of aryl methyl sites for hydroxylation is 3. The molecule has 4 rings (SSSR count). The topological polar surface area (TPSA) is 34.9 Å². The summed E-state index contributed by atoms with van der Waals surface area (Å²) in [5.74, 6) is -0.00680. The maximum atomic E-state index is 13.0. The minimum absolute atomic E-state index is 0.00680. The highest BCUT2D eigenvalue weighted by molar-refractivity contribution is 9.10. The number of halogens is 1. The molecule has 0 spiro atoms. The van der Waals surface area contributed by atoms with E-state index in [0.29, 0.717) is 0 Å². The molecule has 0 aliphatic heterocycles. The van der Waals surface area contributed by atoms with Gasteiger partial charge in [-0.2, -0.15) is 9.78 Å². The molecule has 3 aromatic rings. The lowest BCUT2D eigenvalue weighted by molar-refractivity contribution is 0.0946. The van der Waals surface area contributed by atoms with E-state index >= 15 is 0 Å². The fraction of sp³-hybridized carbons (Fsp3) is 0.300. The lowest BCUT2D eigenvalue weighted by Crippen LogP contribution is -2.14. The number of thiophene rings is 1. The quantitative estimate of drug-likeness (QED) is 0.491. The zero-order chi connectivity index (χ0) is 18.3. The van der Waals surface area contributed by atoms with E-state index in [1.54, 1.807) is 27.8 Å². The molecule has 26 heavy (non-hydrogen) atoms. The SMILES string of the molecule is Cc1nn(C(=O)c2cc3c(s2)CCCC3)c(C)c1Sc1ccc(Br)cc1. The van der Waals surface area contributed by atoms with Gasteiger partial charge in [-0.1, -0.05) is 27.7 Å². The fourth-order valence-corrected chi connectivity index (χ4v) is 5.67. The van der Waals surface area contributed by atoms with Gasteiger partial charge in [0.2, 0.25) is 0 Å². The van der Waals surface area contributed by atoms with E-state index in [4.69, 9.17) is 0 Å². The summed E-state index contributed by atoms with van der Waals surface area (Å²) in [7, 11) is 0. The first kappa shape index (κ1) is 18.0. The summed E-state index contributed by atoms with van der Waals surface area (Å²) >= 11 is 6.77. The van der Waals surface area contributed by atoms with Gasteiger partial charge in [0.25, 0.3) is 5.91 Å². The number of benzene rings is 1. The first-order chi connectivity index (χ1) is 12.5. The van der Waals surface area contributed by atoms with Crippen molar-refractivity contribution < 1.29 is 4.79 Å². The van der Waals surface area contributed by atoms with E-state index in [2.05, 4.69) is 39.2 Å².